The average molecular weight is 535 g/mol. The van der Waals surface area contributed by atoms with Crippen molar-refractivity contribution in [2.75, 3.05) is 67.3 Å². The largest absolute Gasteiger partial charge is 0.493 e. The van der Waals surface area contributed by atoms with Gasteiger partial charge in [-0.25, -0.2) is 4.39 Å². The highest BCUT2D eigenvalue weighted by molar-refractivity contribution is 5.95. The van der Waals surface area contributed by atoms with Crippen LogP contribution in [0.25, 0.3) is 0 Å². The summed E-state index contributed by atoms with van der Waals surface area (Å²) < 4.78 is 40.9. The molecular formula is C28H39FN2O7. The molecule has 0 aliphatic carbocycles. The zero-order chi connectivity index (χ0) is 27.7. The number of β-amino-alcohol motifs (C(OH)–C–C–N with tert-alkyl or cyclic N) is 1. The van der Waals surface area contributed by atoms with Crippen LogP contribution in [0.5, 0.6) is 23.0 Å². The first-order chi connectivity index (χ1) is 18.2. The van der Waals surface area contributed by atoms with Crippen LogP contribution in [-0.2, 0) is 4.74 Å². The Hall–Kier alpha value is -3.08. The molecule has 38 heavy (non-hydrogen) atoms. The first kappa shape index (κ1) is 29.5. The summed E-state index contributed by atoms with van der Waals surface area (Å²) in [5.74, 6) is 1.49. The topological polar surface area (TPSA) is 89.9 Å². The quantitative estimate of drug-likeness (QED) is 0.420. The van der Waals surface area contributed by atoms with E-state index < -0.39 is 6.10 Å². The molecule has 3 rings (SSSR count). The van der Waals surface area contributed by atoms with Gasteiger partial charge in [0, 0.05) is 38.3 Å². The van der Waals surface area contributed by atoms with Gasteiger partial charge in [0.1, 0.15) is 24.3 Å². The van der Waals surface area contributed by atoms with E-state index in [1.54, 1.807) is 17.0 Å². The van der Waals surface area contributed by atoms with Gasteiger partial charge < -0.3 is 33.7 Å². The highest BCUT2D eigenvalue weighted by Gasteiger charge is 2.28. The second-order valence-electron chi connectivity index (χ2n) is 9.69. The van der Waals surface area contributed by atoms with Crippen molar-refractivity contribution in [1.29, 1.82) is 0 Å². The summed E-state index contributed by atoms with van der Waals surface area (Å²) in [6.07, 6.45) is -0.954. The molecule has 1 fully saturated rings. The van der Waals surface area contributed by atoms with Gasteiger partial charge >= 0.3 is 0 Å². The van der Waals surface area contributed by atoms with Crippen LogP contribution in [0.4, 0.5) is 4.39 Å². The van der Waals surface area contributed by atoms with E-state index in [2.05, 4.69) is 18.7 Å². The predicted molar refractivity (Wildman–Crippen MR) is 141 cm³/mol. The molecule has 0 saturated carbocycles. The molecule has 0 radical (unpaired) electrons. The van der Waals surface area contributed by atoms with E-state index in [-0.39, 0.29) is 30.4 Å². The number of hydrogen-bond acceptors (Lipinski definition) is 8. The molecule has 0 spiro atoms. The third-order valence-electron chi connectivity index (χ3n) is 6.16. The van der Waals surface area contributed by atoms with Gasteiger partial charge in [0.2, 0.25) is 5.75 Å². The Labute approximate surface area is 224 Å². The lowest BCUT2D eigenvalue weighted by atomic mass is 10.1. The fourth-order valence-corrected chi connectivity index (χ4v) is 4.44. The molecule has 0 bridgehead atoms. The Morgan fingerprint density at radius 1 is 1.13 bits per heavy atom. The van der Waals surface area contributed by atoms with Crippen LogP contribution < -0.4 is 18.9 Å². The predicted octanol–water partition coefficient (Wildman–Crippen LogP) is 3.09. The number of halogens is 1. The molecule has 2 atom stereocenters. The Morgan fingerprint density at radius 2 is 1.79 bits per heavy atom. The number of benzene rings is 2. The molecule has 1 aliphatic heterocycles. The van der Waals surface area contributed by atoms with Crippen molar-refractivity contribution in [2.45, 2.75) is 26.1 Å². The molecule has 1 saturated heterocycles. The van der Waals surface area contributed by atoms with Crippen molar-refractivity contribution >= 4 is 5.91 Å². The van der Waals surface area contributed by atoms with Crippen molar-refractivity contribution in [3.63, 3.8) is 0 Å². The van der Waals surface area contributed by atoms with Gasteiger partial charge in [-0.3, -0.25) is 9.69 Å². The molecular weight excluding hydrogens is 495 g/mol. The lowest BCUT2D eigenvalue weighted by Gasteiger charge is -2.37. The SMILES string of the molecule is COc1cc(C(=O)N(CC(C)C)C[C@H]2CN(C[C@@H](O)COc3ccc(F)cc3)CCO2)cc(OC)c1OC. The molecule has 1 heterocycles. The number of rotatable bonds is 13. The minimum Gasteiger partial charge on any atom is -0.493 e. The van der Waals surface area contributed by atoms with E-state index in [1.165, 1.54) is 45.6 Å². The number of aliphatic hydroxyl groups excluding tert-OH is 1. The van der Waals surface area contributed by atoms with Gasteiger partial charge in [0.05, 0.1) is 34.0 Å². The van der Waals surface area contributed by atoms with E-state index in [1.807, 2.05) is 0 Å². The Morgan fingerprint density at radius 3 is 2.37 bits per heavy atom. The van der Waals surface area contributed by atoms with Crippen LogP contribution in [0.15, 0.2) is 36.4 Å². The van der Waals surface area contributed by atoms with Gasteiger partial charge in [-0.15, -0.1) is 0 Å². The van der Waals surface area contributed by atoms with Gasteiger partial charge in [-0.1, -0.05) is 13.8 Å². The van der Waals surface area contributed by atoms with Crippen LogP contribution in [-0.4, -0.2) is 100 Å². The van der Waals surface area contributed by atoms with Crippen molar-refractivity contribution in [3.8, 4) is 23.0 Å². The number of carbonyl (C=O) groups excluding carboxylic acids is 1. The number of ether oxygens (including phenoxy) is 5. The van der Waals surface area contributed by atoms with Crippen LogP contribution in [0.3, 0.4) is 0 Å². The average Bonchev–Trinajstić information content (AvgIpc) is 2.91. The van der Waals surface area contributed by atoms with Gasteiger partial charge in [-0.2, -0.15) is 0 Å². The number of methoxy groups -OCH3 is 3. The zero-order valence-corrected chi connectivity index (χ0v) is 22.8. The molecule has 2 aromatic rings. The summed E-state index contributed by atoms with van der Waals surface area (Å²) in [4.78, 5) is 17.5. The standard InChI is InChI=1S/C28H39FN2O7/c1-19(2)14-31(28(33)20-12-25(34-3)27(36-5)26(13-20)35-4)17-24-16-30(10-11-37-24)15-22(32)18-38-23-8-6-21(29)7-9-23/h6-9,12-13,19,22,24,32H,10-11,14-18H2,1-5H3/t22-,24-/m1/s1. The van der Waals surface area contributed by atoms with Crippen molar-refractivity contribution in [1.82, 2.24) is 9.80 Å². The summed E-state index contributed by atoms with van der Waals surface area (Å²) in [7, 11) is 4.55. The van der Waals surface area contributed by atoms with E-state index in [9.17, 15) is 14.3 Å². The molecule has 0 unspecified atom stereocenters. The summed E-state index contributed by atoms with van der Waals surface area (Å²) in [6.45, 7) is 7.25. The number of amides is 1. The van der Waals surface area contributed by atoms with Crippen LogP contribution >= 0.6 is 0 Å². The fourth-order valence-electron chi connectivity index (χ4n) is 4.44. The number of nitrogens with zero attached hydrogens (tertiary/aromatic N) is 2. The number of aliphatic hydroxyl groups is 1. The fraction of sp³-hybridized carbons (Fsp3) is 0.536. The lowest BCUT2D eigenvalue weighted by molar-refractivity contribution is -0.0542. The van der Waals surface area contributed by atoms with Gasteiger partial charge in [0.25, 0.3) is 5.91 Å². The molecule has 1 aliphatic rings. The monoisotopic (exact) mass is 534 g/mol. The third-order valence-corrected chi connectivity index (χ3v) is 6.16. The summed E-state index contributed by atoms with van der Waals surface area (Å²) >= 11 is 0. The van der Waals surface area contributed by atoms with Crippen LogP contribution in [0, 0.1) is 11.7 Å². The molecule has 10 heteroatoms. The zero-order valence-electron chi connectivity index (χ0n) is 22.8. The second-order valence-corrected chi connectivity index (χ2v) is 9.69. The lowest BCUT2D eigenvalue weighted by Crippen LogP contribution is -2.51. The van der Waals surface area contributed by atoms with E-state index in [4.69, 9.17) is 23.7 Å². The first-order valence-corrected chi connectivity index (χ1v) is 12.7. The van der Waals surface area contributed by atoms with E-state index in [0.29, 0.717) is 67.9 Å². The number of carbonyl (C=O) groups is 1. The summed E-state index contributed by atoms with van der Waals surface area (Å²) in [6, 6.07) is 9.00. The molecule has 2 aromatic carbocycles. The Kier molecular flexibility index (Phi) is 11.0. The summed E-state index contributed by atoms with van der Waals surface area (Å²) in [5, 5.41) is 10.5. The molecule has 1 N–H and O–H groups in total. The molecule has 9 nitrogen and oxygen atoms in total. The van der Waals surface area contributed by atoms with Crippen molar-refractivity contribution in [2.24, 2.45) is 5.92 Å². The minimum absolute atomic E-state index is 0.0900. The maximum absolute atomic E-state index is 13.6. The van der Waals surface area contributed by atoms with E-state index >= 15 is 0 Å². The van der Waals surface area contributed by atoms with Gasteiger partial charge in [0.15, 0.2) is 11.5 Å². The highest BCUT2D eigenvalue weighted by Crippen LogP contribution is 2.38. The smallest absolute Gasteiger partial charge is 0.254 e. The van der Waals surface area contributed by atoms with Crippen molar-refractivity contribution in [3.05, 3.63) is 47.8 Å². The molecule has 0 aromatic heterocycles. The molecule has 1 amide bonds. The maximum Gasteiger partial charge on any atom is 0.254 e. The molecule has 210 valence electrons. The Balaban J connectivity index is 1.63. The normalized spacial score (nSPS) is 16.7. The first-order valence-electron chi connectivity index (χ1n) is 12.7. The summed E-state index contributed by atoms with van der Waals surface area (Å²) in [5.41, 5.74) is 0.432. The number of morpholine rings is 1. The number of hydrogen-bond donors (Lipinski definition) is 1. The minimum atomic E-state index is -0.730. The van der Waals surface area contributed by atoms with Crippen LogP contribution in [0.2, 0.25) is 0 Å². The Bertz CT molecular complexity index is 1010. The van der Waals surface area contributed by atoms with Crippen molar-refractivity contribution < 1.29 is 38.0 Å². The van der Waals surface area contributed by atoms with Gasteiger partial charge in [-0.05, 0) is 42.3 Å². The third kappa shape index (κ3) is 8.21. The van der Waals surface area contributed by atoms with Crippen LogP contribution in [0.1, 0.15) is 24.2 Å². The second kappa shape index (κ2) is 14.2. The van der Waals surface area contributed by atoms with E-state index in [0.717, 1.165) is 0 Å². The maximum atomic E-state index is 13.6. The highest BCUT2D eigenvalue weighted by atomic mass is 19.1.